The van der Waals surface area contributed by atoms with Crippen molar-refractivity contribution in [1.82, 2.24) is 10.3 Å². The average molecular weight is 360 g/mol. The number of nitrogens with zero attached hydrogens (tertiary/aromatic N) is 1. The summed E-state index contributed by atoms with van der Waals surface area (Å²) in [6, 6.07) is 5.77. The molecule has 0 spiro atoms. The number of rotatable bonds is 3. The molecular formula is C13H11F2IN2. The third-order valence-corrected chi connectivity index (χ3v) is 3.61. The fourth-order valence-electron chi connectivity index (χ4n) is 1.83. The summed E-state index contributed by atoms with van der Waals surface area (Å²) in [6.07, 6.45) is 2.72. The van der Waals surface area contributed by atoms with E-state index in [1.54, 1.807) is 25.4 Å². The van der Waals surface area contributed by atoms with E-state index in [1.165, 1.54) is 18.3 Å². The van der Waals surface area contributed by atoms with Crippen molar-refractivity contribution in [2.75, 3.05) is 7.05 Å². The van der Waals surface area contributed by atoms with Gasteiger partial charge in [-0.05, 0) is 53.4 Å². The van der Waals surface area contributed by atoms with E-state index in [2.05, 4.69) is 10.3 Å². The molecular weight excluding hydrogens is 349 g/mol. The van der Waals surface area contributed by atoms with Gasteiger partial charge in [0.1, 0.15) is 11.6 Å². The average Bonchev–Trinajstić information content (AvgIpc) is 2.34. The summed E-state index contributed by atoms with van der Waals surface area (Å²) in [6.45, 7) is 0. The summed E-state index contributed by atoms with van der Waals surface area (Å²) in [5, 5.41) is 3.04. The Morgan fingerprint density at radius 3 is 2.61 bits per heavy atom. The predicted octanol–water partition coefficient (Wildman–Crippen LogP) is 3.27. The highest BCUT2D eigenvalue weighted by Gasteiger charge is 2.18. The molecule has 0 saturated carbocycles. The van der Waals surface area contributed by atoms with Gasteiger partial charge in [0, 0.05) is 15.3 Å². The quantitative estimate of drug-likeness (QED) is 0.850. The van der Waals surface area contributed by atoms with E-state index < -0.39 is 0 Å². The summed E-state index contributed by atoms with van der Waals surface area (Å²) >= 11 is 2.04. The lowest BCUT2D eigenvalue weighted by atomic mass is 9.99. The van der Waals surface area contributed by atoms with Gasteiger partial charge in [-0.1, -0.05) is 6.07 Å². The smallest absolute Gasteiger partial charge is 0.146 e. The van der Waals surface area contributed by atoms with Gasteiger partial charge in [-0.15, -0.1) is 0 Å². The molecule has 2 nitrogen and oxygen atoms in total. The van der Waals surface area contributed by atoms with Gasteiger partial charge in [0.15, 0.2) is 0 Å². The summed E-state index contributed by atoms with van der Waals surface area (Å²) in [7, 11) is 1.74. The molecule has 94 valence electrons. The number of aromatic nitrogens is 1. The summed E-state index contributed by atoms with van der Waals surface area (Å²) in [4.78, 5) is 3.73. The molecule has 0 radical (unpaired) electrons. The molecule has 0 saturated heterocycles. The summed E-state index contributed by atoms with van der Waals surface area (Å²) in [5.74, 6) is -0.676. The molecule has 0 amide bonds. The van der Waals surface area contributed by atoms with E-state index >= 15 is 0 Å². The van der Waals surface area contributed by atoms with Crippen LogP contribution in [0.5, 0.6) is 0 Å². The predicted molar refractivity (Wildman–Crippen MR) is 74.2 cm³/mol. The molecule has 2 rings (SSSR count). The Bertz CT molecular complexity index is 560. The van der Waals surface area contributed by atoms with E-state index in [0.29, 0.717) is 5.56 Å². The molecule has 5 heteroatoms. The molecule has 0 bridgehead atoms. The number of hydrogen-bond donors (Lipinski definition) is 1. The maximum absolute atomic E-state index is 13.7. The van der Waals surface area contributed by atoms with Crippen LogP contribution in [0.4, 0.5) is 8.78 Å². The van der Waals surface area contributed by atoms with Gasteiger partial charge >= 0.3 is 0 Å². The highest BCUT2D eigenvalue weighted by atomic mass is 127. The van der Waals surface area contributed by atoms with Gasteiger partial charge in [-0.3, -0.25) is 4.98 Å². The highest BCUT2D eigenvalue weighted by molar-refractivity contribution is 14.1. The Labute approximate surface area is 118 Å². The first kappa shape index (κ1) is 13.4. The van der Waals surface area contributed by atoms with Gasteiger partial charge in [0.25, 0.3) is 0 Å². The number of hydrogen-bond acceptors (Lipinski definition) is 2. The molecule has 0 aliphatic rings. The first-order chi connectivity index (χ1) is 8.63. The van der Waals surface area contributed by atoms with E-state index in [4.69, 9.17) is 0 Å². The van der Waals surface area contributed by atoms with Crippen LogP contribution in [0.1, 0.15) is 17.2 Å². The summed E-state index contributed by atoms with van der Waals surface area (Å²) in [5.41, 5.74) is 1.33. The van der Waals surface area contributed by atoms with Crippen LogP contribution >= 0.6 is 22.6 Å². The maximum atomic E-state index is 13.7. The zero-order chi connectivity index (χ0) is 13.1. The Kier molecular flexibility index (Phi) is 4.23. The monoisotopic (exact) mass is 360 g/mol. The number of pyridine rings is 1. The molecule has 1 unspecified atom stereocenters. The second-order valence-electron chi connectivity index (χ2n) is 3.78. The highest BCUT2D eigenvalue weighted by Crippen LogP contribution is 2.27. The van der Waals surface area contributed by atoms with Gasteiger partial charge < -0.3 is 5.32 Å². The van der Waals surface area contributed by atoms with Crippen LogP contribution in [0.15, 0.2) is 36.7 Å². The van der Waals surface area contributed by atoms with E-state index in [9.17, 15) is 8.78 Å². The normalized spacial score (nSPS) is 12.4. The van der Waals surface area contributed by atoms with Crippen molar-refractivity contribution in [2.45, 2.75) is 6.04 Å². The van der Waals surface area contributed by atoms with Crippen LogP contribution < -0.4 is 5.32 Å². The second kappa shape index (κ2) is 5.71. The lowest BCUT2D eigenvalue weighted by molar-refractivity contribution is 0.568. The van der Waals surface area contributed by atoms with Crippen molar-refractivity contribution in [3.05, 3.63) is 63.0 Å². The molecule has 1 aromatic carbocycles. The molecule has 1 N–H and O–H groups in total. The van der Waals surface area contributed by atoms with E-state index in [1.807, 2.05) is 22.6 Å². The first-order valence-corrected chi connectivity index (χ1v) is 6.43. The van der Waals surface area contributed by atoms with Crippen LogP contribution in [0.25, 0.3) is 0 Å². The number of halogens is 3. The van der Waals surface area contributed by atoms with E-state index in [0.717, 1.165) is 9.13 Å². The molecule has 1 heterocycles. The molecule has 18 heavy (non-hydrogen) atoms. The topological polar surface area (TPSA) is 24.9 Å². The third kappa shape index (κ3) is 2.67. The molecule has 0 fully saturated rings. The molecule has 1 atom stereocenters. The largest absolute Gasteiger partial charge is 0.309 e. The minimum absolute atomic E-state index is 0.298. The van der Waals surface area contributed by atoms with Gasteiger partial charge in [-0.25, -0.2) is 8.78 Å². The fraction of sp³-hybridized carbons (Fsp3) is 0.154. The van der Waals surface area contributed by atoms with E-state index in [-0.39, 0.29) is 17.7 Å². The molecule has 0 aliphatic heterocycles. The Hall–Kier alpha value is -1.08. The van der Waals surface area contributed by atoms with Crippen molar-refractivity contribution < 1.29 is 8.78 Å². The van der Waals surface area contributed by atoms with Crippen LogP contribution in [0.2, 0.25) is 0 Å². The lowest BCUT2D eigenvalue weighted by Crippen LogP contribution is -2.20. The van der Waals surface area contributed by atoms with Crippen molar-refractivity contribution in [3.63, 3.8) is 0 Å². The summed E-state index contributed by atoms with van der Waals surface area (Å²) < 4.78 is 27.6. The Morgan fingerprint density at radius 1 is 1.22 bits per heavy atom. The van der Waals surface area contributed by atoms with Crippen molar-refractivity contribution in [2.24, 2.45) is 0 Å². The molecule has 1 aromatic heterocycles. The number of nitrogens with one attached hydrogen (secondary N) is 1. The third-order valence-electron chi connectivity index (χ3n) is 2.68. The standard InChI is InChI=1S/C13H11F2IN2/c1-17-13(9-4-5-18-7-11(9)15)10-3-2-8(14)6-12(10)16/h2-7,13,17H,1H3. The minimum atomic E-state index is -0.378. The Balaban J connectivity index is 2.49. The van der Waals surface area contributed by atoms with Crippen LogP contribution in [0.3, 0.4) is 0 Å². The zero-order valence-corrected chi connectivity index (χ0v) is 11.8. The fourth-order valence-corrected chi connectivity index (χ4v) is 2.62. The molecule has 2 aromatic rings. The number of benzene rings is 1. The van der Waals surface area contributed by atoms with Crippen molar-refractivity contribution in [3.8, 4) is 0 Å². The zero-order valence-electron chi connectivity index (χ0n) is 9.62. The van der Waals surface area contributed by atoms with Crippen molar-refractivity contribution >= 4 is 22.6 Å². The van der Waals surface area contributed by atoms with Crippen LogP contribution in [-0.4, -0.2) is 12.0 Å². The van der Waals surface area contributed by atoms with Crippen LogP contribution in [0, 0.1) is 15.2 Å². The Morgan fingerprint density at radius 2 is 2.00 bits per heavy atom. The van der Waals surface area contributed by atoms with Gasteiger partial charge in [0.2, 0.25) is 0 Å². The van der Waals surface area contributed by atoms with Gasteiger partial charge in [-0.2, -0.15) is 0 Å². The van der Waals surface area contributed by atoms with Crippen LogP contribution in [-0.2, 0) is 0 Å². The first-order valence-electron chi connectivity index (χ1n) is 5.35. The molecule has 0 aliphatic carbocycles. The lowest BCUT2D eigenvalue weighted by Gasteiger charge is -2.19. The van der Waals surface area contributed by atoms with Gasteiger partial charge in [0.05, 0.1) is 12.2 Å². The second-order valence-corrected chi connectivity index (χ2v) is 4.95. The SMILES string of the molecule is CNC(c1ccncc1F)c1ccc(F)cc1I. The van der Waals surface area contributed by atoms with Crippen molar-refractivity contribution in [1.29, 1.82) is 0 Å². The minimum Gasteiger partial charge on any atom is -0.309 e. The maximum Gasteiger partial charge on any atom is 0.146 e.